The van der Waals surface area contributed by atoms with Gasteiger partial charge in [0.15, 0.2) is 5.69 Å². The molecule has 5 heteroatoms. The molecule has 0 amide bonds. The number of carbonyl (C=O) groups is 1. The third kappa shape index (κ3) is 3.17. The van der Waals surface area contributed by atoms with Gasteiger partial charge in [0.05, 0.1) is 12.1 Å². The molecule has 0 aliphatic heterocycles. The third-order valence-corrected chi connectivity index (χ3v) is 3.80. The second-order valence-corrected chi connectivity index (χ2v) is 5.33. The molecule has 1 N–H and O–H groups in total. The molecular weight excluding hydrogens is 272 g/mol. The van der Waals surface area contributed by atoms with E-state index >= 15 is 0 Å². The molecule has 2 aromatic rings. The van der Waals surface area contributed by atoms with Crippen LogP contribution in [-0.2, 0) is 4.74 Å². The summed E-state index contributed by atoms with van der Waals surface area (Å²) in [5.74, 6) is -0.381. The predicted octanol–water partition coefficient (Wildman–Crippen LogP) is 3.80. The summed E-state index contributed by atoms with van der Waals surface area (Å²) in [5, 5.41) is 4.09. The van der Waals surface area contributed by atoms with Crippen molar-refractivity contribution in [2.75, 3.05) is 11.9 Å². The van der Waals surface area contributed by atoms with Crippen LogP contribution in [-0.4, -0.2) is 17.6 Å². The SMILES string of the molecule is CCOC(=O)c1ncsc1NC(C)c1ccccc1C. The monoisotopic (exact) mass is 290 g/mol. The van der Waals surface area contributed by atoms with E-state index in [1.165, 1.54) is 22.5 Å². The number of aromatic nitrogens is 1. The molecule has 1 unspecified atom stereocenters. The molecule has 0 bridgehead atoms. The van der Waals surface area contributed by atoms with Gasteiger partial charge in [-0.3, -0.25) is 0 Å². The maximum Gasteiger partial charge on any atom is 0.360 e. The lowest BCUT2D eigenvalue weighted by Gasteiger charge is -2.17. The van der Waals surface area contributed by atoms with E-state index in [2.05, 4.69) is 36.3 Å². The van der Waals surface area contributed by atoms with Gasteiger partial charge in [0.1, 0.15) is 5.00 Å². The van der Waals surface area contributed by atoms with E-state index in [-0.39, 0.29) is 12.0 Å². The zero-order chi connectivity index (χ0) is 14.5. The zero-order valence-electron chi connectivity index (χ0n) is 11.8. The van der Waals surface area contributed by atoms with E-state index in [1.807, 2.05) is 12.1 Å². The molecule has 0 saturated heterocycles. The maximum atomic E-state index is 11.8. The number of aryl methyl sites for hydroxylation is 1. The number of nitrogens with zero attached hydrogens (tertiary/aromatic N) is 1. The zero-order valence-corrected chi connectivity index (χ0v) is 12.7. The highest BCUT2D eigenvalue weighted by molar-refractivity contribution is 7.14. The standard InChI is InChI=1S/C15H18N2O2S/c1-4-19-15(18)13-14(20-9-16-13)17-11(3)12-8-6-5-7-10(12)2/h5-9,11,17H,4H2,1-3H3. The van der Waals surface area contributed by atoms with E-state index in [4.69, 9.17) is 4.74 Å². The fourth-order valence-corrected chi connectivity index (χ4v) is 2.80. The number of anilines is 1. The molecule has 1 heterocycles. The van der Waals surface area contributed by atoms with Crippen LogP contribution < -0.4 is 5.32 Å². The van der Waals surface area contributed by atoms with Crippen LogP contribution in [0.4, 0.5) is 5.00 Å². The number of ether oxygens (including phenoxy) is 1. The van der Waals surface area contributed by atoms with E-state index in [9.17, 15) is 4.79 Å². The van der Waals surface area contributed by atoms with Crippen LogP contribution in [0.1, 0.15) is 41.5 Å². The Morgan fingerprint density at radius 2 is 2.20 bits per heavy atom. The third-order valence-electron chi connectivity index (χ3n) is 3.04. The van der Waals surface area contributed by atoms with E-state index < -0.39 is 0 Å². The number of thiazole rings is 1. The van der Waals surface area contributed by atoms with Gasteiger partial charge in [0.25, 0.3) is 0 Å². The van der Waals surface area contributed by atoms with Gasteiger partial charge in [-0.1, -0.05) is 24.3 Å². The largest absolute Gasteiger partial charge is 0.461 e. The molecule has 2 rings (SSSR count). The first kappa shape index (κ1) is 14.5. The molecule has 0 aliphatic carbocycles. The molecule has 4 nitrogen and oxygen atoms in total. The first-order valence-electron chi connectivity index (χ1n) is 6.56. The molecule has 0 radical (unpaired) electrons. The van der Waals surface area contributed by atoms with Crippen molar-refractivity contribution in [3.63, 3.8) is 0 Å². The lowest BCUT2D eigenvalue weighted by molar-refractivity contribution is 0.0521. The van der Waals surface area contributed by atoms with Crippen LogP contribution in [0.25, 0.3) is 0 Å². The van der Waals surface area contributed by atoms with Gasteiger partial charge in [-0.2, -0.15) is 0 Å². The Labute approximate surface area is 122 Å². The number of hydrogen-bond acceptors (Lipinski definition) is 5. The summed E-state index contributed by atoms with van der Waals surface area (Å²) in [7, 11) is 0. The van der Waals surface area contributed by atoms with E-state index in [1.54, 1.807) is 12.4 Å². The summed E-state index contributed by atoms with van der Waals surface area (Å²) in [6, 6.07) is 8.29. The second kappa shape index (κ2) is 6.52. The van der Waals surface area contributed by atoms with E-state index in [0.717, 1.165) is 5.00 Å². The van der Waals surface area contributed by atoms with Crippen molar-refractivity contribution in [2.24, 2.45) is 0 Å². The molecule has 0 spiro atoms. The average molecular weight is 290 g/mol. The minimum Gasteiger partial charge on any atom is -0.461 e. The summed E-state index contributed by atoms with van der Waals surface area (Å²) in [6.45, 7) is 6.28. The van der Waals surface area contributed by atoms with Crippen molar-refractivity contribution < 1.29 is 9.53 Å². The van der Waals surface area contributed by atoms with Gasteiger partial charge in [0.2, 0.25) is 0 Å². The normalized spacial score (nSPS) is 11.9. The summed E-state index contributed by atoms with van der Waals surface area (Å²) in [5.41, 5.74) is 4.43. The van der Waals surface area contributed by atoms with Gasteiger partial charge in [-0.05, 0) is 31.9 Å². The summed E-state index contributed by atoms with van der Waals surface area (Å²) < 4.78 is 5.00. The Morgan fingerprint density at radius 3 is 2.90 bits per heavy atom. The Morgan fingerprint density at radius 1 is 1.45 bits per heavy atom. The minimum atomic E-state index is -0.381. The van der Waals surface area contributed by atoms with Gasteiger partial charge >= 0.3 is 5.97 Å². The van der Waals surface area contributed by atoms with Crippen molar-refractivity contribution in [3.05, 3.63) is 46.6 Å². The van der Waals surface area contributed by atoms with Crippen LogP contribution in [0.5, 0.6) is 0 Å². The number of esters is 1. The lowest BCUT2D eigenvalue weighted by Crippen LogP contribution is -2.12. The van der Waals surface area contributed by atoms with Crippen molar-refractivity contribution >= 4 is 22.3 Å². The summed E-state index contributed by atoms with van der Waals surface area (Å²) in [4.78, 5) is 15.9. The minimum absolute atomic E-state index is 0.102. The van der Waals surface area contributed by atoms with Crippen molar-refractivity contribution in [3.8, 4) is 0 Å². The molecule has 1 aromatic carbocycles. The smallest absolute Gasteiger partial charge is 0.360 e. The Hall–Kier alpha value is -1.88. The first-order chi connectivity index (χ1) is 9.63. The Bertz CT molecular complexity index is 595. The quantitative estimate of drug-likeness (QED) is 0.851. The fourth-order valence-electron chi connectivity index (χ4n) is 2.04. The van der Waals surface area contributed by atoms with Crippen LogP contribution in [0.15, 0.2) is 29.8 Å². The highest BCUT2D eigenvalue weighted by atomic mass is 32.1. The van der Waals surface area contributed by atoms with Crippen LogP contribution >= 0.6 is 11.3 Å². The molecular formula is C15H18N2O2S. The Kier molecular flexibility index (Phi) is 4.74. The number of rotatable bonds is 5. The van der Waals surface area contributed by atoms with Gasteiger partial charge < -0.3 is 10.1 Å². The summed E-state index contributed by atoms with van der Waals surface area (Å²) >= 11 is 1.41. The van der Waals surface area contributed by atoms with Crippen molar-refractivity contribution in [1.29, 1.82) is 0 Å². The topological polar surface area (TPSA) is 51.2 Å². The van der Waals surface area contributed by atoms with Crippen LogP contribution in [0.3, 0.4) is 0 Å². The van der Waals surface area contributed by atoms with Crippen LogP contribution in [0.2, 0.25) is 0 Å². The number of benzene rings is 1. The molecule has 20 heavy (non-hydrogen) atoms. The highest BCUT2D eigenvalue weighted by Crippen LogP contribution is 2.27. The molecule has 1 atom stereocenters. The highest BCUT2D eigenvalue weighted by Gasteiger charge is 2.18. The molecule has 1 aromatic heterocycles. The van der Waals surface area contributed by atoms with Crippen molar-refractivity contribution in [1.82, 2.24) is 4.98 Å². The fraction of sp³-hybridized carbons (Fsp3) is 0.333. The number of hydrogen-bond donors (Lipinski definition) is 1. The average Bonchev–Trinajstić information content (AvgIpc) is 2.87. The van der Waals surface area contributed by atoms with Gasteiger partial charge in [-0.15, -0.1) is 11.3 Å². The molecule has 106 valence electrons. The maximum absolute atomic E-state index is 11.8. The molecule has 0 saturated carbocycles. The predicted molar refractivity (Wildman–Crippen MR) is 81.3 cm³/mol. The summed E-state index contributed by atoms with van der Waals surface area (Å²) in [6.07, 6.45) is 0. The van der Waals surface area contributed by atoms with Gasteiger partial charge in [0, 0.05) is 6.04 Å². The van der Waals surface area contributed by atoms with Gasteiger partial charge in [-0.25, -0.2) is 9.78 Å². The van der Waals surface area contributed by atoms with E-state index in [0.29, 0.717) is 12.3 Å². The lowest BCUT2D eigenvalue weighted by atomic mass is 10.0. The first-order valence-corrected chi connectivity index (χ1v) is 7.44. The molecule has 0 aliphatic rings. The van der Waals surface area contributed by atoms with Crippen molar-refractivity contribution in [2.45, 2.75) is 26.8 Å². The Balaban J connectivity index is 2.17. The second-order valence-electron chi connectivity index (χ2n) is 4.47. The number of carbonyl (C=O) groups excluding carboxylic acids is 1. The molecule has 0 fully saturated rings. The van der Waals surface area contributed by atoms with Crippen LogP contribution in [0, 0.1) is 6.92 Å². The number of nitrogens with one attached hydrogen (secondary N) is 1.